The highest BCUT2D eigenvalue weighted by molar-refractivity contribution is 7.03. The van der Waals surface area contributed by atoms with Crippen LogP contribution in [0.1, 0.15) is 38.3 Å². The Kier molecular flexibility index (Phi) is 2.60. The highest BCUT2D eigenvalue weighted by atomic mass is 32.1. The molecule has 1 fully saturated rings. The Morgan fingerprint density at radius 3 is 2.92 bits per heavy atom. The third kappa shape index (κ3) is 2.25. The zero-order chi connectivity index (χ0) is 9.15. The van der Waals surface area contributed by atoms with Gasteiger partial charge >= 0.3 is 0 Å². The molecular formula is C9H15N3S. The van der Waals surface area contributed by atoms with Gasteiger partial charge in [-0.1, -0.05) is 17.3 Å². The summed E-state index contributed by atoms with van der Waals surface area (Å²) >= 11 is 1.42. The van der Waals surface area contributed by atoms with E-state index in [4.69, 9.17) is 0 Å². The average molecular weight is 197 g/mol. The lowest BCUT2D eigenvalue weighted by atomic mass is 10.0. The molecule has 72 valence electrons. The summed E-state index contributed by atoms with van der Waals surface area (Å²) in [5, 5.41) is 9.58. The first-order valence-corrected chi connectivity index (χ1v) is 5.63. The minimum absolute atomic E-state index is 0.351. The molecule has 0 radical (unpaired) electrons. The van der Waals surface area contributed by atoms with Crippen LogP contribution in [0.3, 0.4) is 0 Å². The number of aromatic nitrogens is 2. The normalized spacial score (nSPS) is 20.7. The maximum Gasteiger partial charge on any atom is 0.0893 e. The molecule has 1 aromatic rings. The van der Waals surface area contributed by atoms with Crippen LogP contribution in [0.4, 0.5) is 0 Å². The fraction of sp³-hybridized carbons (Fsp3) is 0.778. The monoisotopic (exact) mass is 197 g/mol. The molecule has 2 rings (SSSR count). The van der Waals surface area contributed by atoms with Crippen LogP contribution in [-0.2, 0) is 6.54 Å². The Balaban J connectivity index is 1.85. The minimum Gasteiger partial charge on any atom is -0.306 e. The first-order valence-electron chi connectivity index (χ1n) is 4.79. The van der Waals surface area contributed by atoms with Crippen LogP contribution < -0.4 is 5.32 Å². The van der Waals surface area contributed by atoms with E-state index in [1.807, 2.05) is 5.38 Å². The van der Waals surface area contributed by atoms with Gasteiger partial charge in [-0.3, -0.25) is 0 Å². The molecule has 1 aliphatic rings. The lowest BCUT2D eigenvalue weighted by molar-refractivity contribution is 0.360. The lowest BCUT2D eigenvalue weighted by Gasteiger charge is -2.24. The molecule has 1 aromatic heterocycles. The molecule has 0 aliphatic heterocycles. The lowest BCUT2D eigenvalue weighted by Crippen LogP contribution is -2.38. The van der Waals surface area contributed by atoms with Crippen molar-refractivity contribution >= 4 is 11.5 Å². The first kappa shape index (κ1) is 9.09. The Morgan fingerprint density at radius 2 is 2.31 bits per heavy atom. The second-order valence-corrected chi connectivity index (χ2v) is 4.63. The van der Waals surface area contributed by atoms with Crippen molar-refractivity contribution in [2.45, 2.75) is 44.7 Å². The molecule has 0 amide bonds. The van der Waals surface area contributed by atoms with Gasteiger partial charge < -0.3 is 5.32 Å². The quantitative estimate of drug-likeness (QED) is 0.805. The van der Waals surface area contributed by atoms with E-state index < -0.39 is 0 Å². The van der Waals surface area contributed by atoms with Crippen molar-refractivity contribution in [3.8, 4) is 0 Å². The SMILES string of the molecule is CC1(NCc2csnn2)CCCC1. The van der Waals surface area contributed by atoms with Crippen LogP contribution in [0.25, 0.3) is 0 Å². The van der Waals surface area contributed by atoms with E-state index in [-0.39, 0.29) is 0 Å². The Bertz CT molecular complexity index is 252. The second kappa shape index (κ2) is 3.72. The minimum atomic E-state index is 0.351. The number of hydrogen-bond donors (Lipinski definition) is 1. The molecule has 1 aliphatic carbocycles. The van der Waals surface area contributed by atoms with Crippen molar-refractivity contribution in [2.75, 3.05) is 0 Å². The summed E-state index contributed by atoms with van der Waals surface area (Å²) in [5.41, 5.74) is 1.42. The Labute approximate surface area is 82.7 Å². The van der Waals surface area contributed by atoms with E-state index in [0.29, 0.717) is 5.54 Å². The van der Waals surface area contributed by atoms with Crippen LogP contribution in [0.2, 0.25) is 0 Å². The third-order valence-corrected chi connectivity index (χ3v) is 3.36. The molecule has 4 heteroatoms. The van der Waals surface area contributed by atoms with Crippen LogP contribution >= 0.6 is 11.5 Å². The maximum absolute atomic E-state index is 4.01. The number of nitrogens with one attached hydrogen (secondary N) is 1. The van der Waals surface area contributed by atoms with Gasteiger partial charge in [0.25, 0.3) is 0 Å². The van der Waals surface area contributed by atoms with E-state index >= 15 is 0 Å². The summed E-state index contributed by atoms with van der Waals surface area (Å²) in [5.74, 6) is 0. The van der Waals surface area contributed by atoms with E-state index in [9.17, 15) is 0 Å². The van der Waals surface area contributed by atoms with Crippen molar-refractivity contribution in [3.05, 3.63) is 11.1 Å². The van der Waals surface area contributed by atoms with E-state index in [1.165, 1.54) is 37.2 Å². The van der Waals surface area contributed by atoms with Gasteiger partial charge in [-0.15, -0.1) is 5.10 Å². The largest absolute Gasteiger partial charge is 0.306 e. The molecule has 0 unspecified atom stereocenters. The number of rotatable bonds is 3. The van der Waals surface area contributed by atoms with Gasteiger partial charge in [-0.2, -0.15) is 0 Å². The van der Waals surface area contributed by atoms with Gasteiger partial charge in [0.05, 0.1) is 5.69 Å². The van der Waals surface area contributed by atoms with Gasteiger partial charge in [-0.05, 0) is 31.3 Å². The molecule has 0 saturated heterocycles. The molecule has 1 heterocycles. The number of nitrogens with zero attached hydrogens (tertiary/aromatic N) is 2. The summed E-state index contributed by atoms with van der Waals surface area (Å²) < 4.78 is 3.84. The fourth-order valence-electron chi connectivity index (χ4n) is 1.90. The van der Waals surface area contributed by atoms with Crippen LogP contribution in [0.15, 0.2) is 5.38 Å². The van der Waals surface area contributed by atoms with Crippen molar-refractivity contribution in [3.63, 3.8) is 0 Å². The molecule has 0 bridgehead atoms. The van der Waals surface area contributed by atoms with E-state index in [2.05, 4.69) is 21.8 Å². The molecule has 3 nitrogen and oxygen atoms in total. The molecule has 1 saturated carbocycles. The maximum atomic E-state index is 4.01. The standard InChI is InChI=1S/C9H15N3S/c1-9(4-2-3-5-9)10-6-8-7-13-12-11-8/h7,10H,2-6H2,1H3. The van der Waals surface area contributed by atoms with Crippen molar-refractivity contribution in [1.29, 1.82) is 0 Å². The summed E-state index contributed by atoms with van der Waals surface area (Å²) in [6, 6.07) is 0. The van der Waals surface area contributed by atoms with Gasteiger partial charge in [0.15, 0.2) is 0 Å². The van der Waals surface area contributed by atoms with Gasteiger partial charge in [0.2, 0.25) is 0 Å². The summed E-state index contributed by atoms with van der Waals surface area (Å²) in [6.45, 7) is 3.17. The third-order valence-electron chi connectivity index (χ3n) is 2.81. The fourth-order valence-corrected chi connectivity index (χ4v) is 2.35. The predicted octanol–water partition coefficient (Wildman–Crippen LogP) is 1.96. The number of hydrogen-bond acceptors (Lipinski definition) is 4. The molecular weight excluding hydrogens is 182 g/mol. The Hall–Kier alpha value is -0.480. The highest BCUT2D eigenvalue weighted by Crippen LogP contribution is 2.28. The smallest absolute Gasteiger partial charge is 0.0893 e. The predicted molar refractivity (Wildman–Crippen MR) is 53.6 cm³/mol. The molecule has 13 heavy (non-hydrogen) atoms. The zero-order valence-corrected chi connectivity index (χ0v) is 8.73. The second-order valence-electron chi connectivity index (χ2n) is 4.02. The van der Waals surface area contributed by atoms with Gasteiger partial charge in [-0.25, -0.2) is 0 Å². The van der Waals surface area contributed by atoms with E-state index in [1.54, 1.807) is 0 Å². The van der Waals surface area contributed by atoms with Crippen molar-refractivity contribution in [1.82, 2.24) is 14.9 Å². The van der Waals surface area contributed by atoms with Crippen LogP contribution in [0, 0.1) is 0 Å². The van der Waals surface area contributed by atoms with Gasteiger partial charge in [0, 0.05) is 17.5 Å². The average Bonchev–Trinajstić information content (AvgIpc) is 2.72. The Morgan fingerprint density at radius 1 is 1.54 bits per heavy atom. The zero-order valence-electron chi connectivity index (χ0n) is 7.92. The molecule has 0 atom stereocenters. The van der Waals surface area contributed by atoms with E-state index in [0.717, 1.165) is 12.2 Å². The highest BCUT2D eigenvalue weighted by Gasteiger charge is 2.27. The summed E-state index contributed by atoms with van der Waals surface area (Å²) in [4.78, 5) is 0. The van der Waals surface area contributed by atoms with Crippen molar-refractivity contribution in [2.24, 2.45) is 0 Å². The van der Waals surface area contributed by atoms with Crippen molar-refractivity contribution < 1.29 is 0 Å². The van der Waals surface area contributed by atoms with Crippen LogP contribution in [-0.4, -0.2) is 15.1 Å². The summed E-state index contributed by atoms with van der Waals surface area (Å²) in [6.07, 6.45) is 5.31. The van der Waals surface area contributed by atoms with Crippen LogP contribution in [0.5, 0.6) is 0 Å². The van der Waals surface area contributed by atoms with Gasteiger partial charge in [0.1, 0.15) is 0 Å². The molecule has 1 N–H and O–H groups in total. The first-order chi connectivity index (χ1) is 6.29. The molecule has 0 aromatic carbocycles. The molecule has 0 spiro atoms. The summed E-state index contributed by atoms with van der Waals surface area (Å²) in [7, 11) is 0. The topological polar surface area (TPSA) is 37.8 Å².